The van der Waals surface area contributed by atoms with E-state index in [0.717, 1.165) is 5.69 Å². The van der Waals surface area contributed by atoms with E-state index in [4.69, 9.17) is 16.8 Å². The van der Waals surface area contributed by atoms with Crippen molar-refractivity contribution >= 4 is 5.69 Å². The summed E-state index contributed by atoms with van der Waals surface area (Å²) in [6.07, 6.45) is 0. The number of anilines is 1. The molecule has 0 spiro atoms. The summed E-state index contributed by atoms with van der Waals surface area (Å²) in [7, 11) is 0. The molecule has 15 heavy (non-hydrogen) atoms. The fraction of sp³-hybridized carbons (Fsp3) is 0.143. The molecule has 1 aromatic rings. The molecule has 0 aliphatic rings. The zero-order valence-corrected chi connectivity index (χ0v) is 8.81. The van der Waals surface area contributed by atoms with Crippen LogP contribution >= 0.6 is 0 Å². The third-order valence-electron chi connectivity index (χ3n) is 1.19. The van der Waals surface area contributed by atoms with Crippen molar-refractivity contribution < 1.29 is 15.4 Å². The van der Waals surface area contributed by atoms with Gasteiger partial charge in [0.15, 0.2) is 0 Å². The van der Waals surface area contributed by atoms with Crippen molar-refractivity contribution in [2.75, 3.05) is 5.73 Å². The van der Waals surface area contributed by atoms with Gasteiger partial charge in [-0.3, -0.25) is 0 Å². The number of nitrogens with two attached hydrogens (primary N) is 1. The van der Waals surface area contributed by atoms with Crippen LogP contribution in [0.25, 0.3) is 20.9 Å². The SMILES string of the molecule is Cc1ccc(N)cc1.[N-]=[N+]=[N][Cu][N]=[N+]=[N-]. The molecule has 0 aliphatic heterocycles. The standard InChI is InChI=1S/C7H9N.Cu.2N3/c1-6-2-4-7(8)5-3-6;;2*1-3-2/h2-5H,8H2,1H3;;;/q;+2;2*-1. The first kappa shape index (κ1) is 13.2. The Balaban J connectivity index is 0.000000265. The molecule has 0 saturated carbocycles. The van der Waals surface area contributed by atoms with Crippen LogP contribution in [-0.4, -0.2) is 0 Å². The van der Waals surface area contributed by atoms with E-state index in [0.29, 0.717) is 15.4 Å². The van der Waals surface area contributed by atoms with Crippen molar-refractivity contribution in [2.45, 2.75) is 6.92 Å². The van der Waals surface area contributed by atoms with E-state index in [1.54, 1.807) is 0 Å². The van der Waals surface area contributed by atoms with Crippen molar-refractivity contribution in [3.05, 3.63) is 50.7 Å². The van der Waals surface area contributed by atoms with Crippen LogP contribution in [0.2, 0.25) is 0 Å². The van der Waals surface area contributed by atoms with Gasteiger partial charge in [0.05, 0.1) is 0 Å². The number of azide groups is 1. The third-order valence-corrected chi connectivity index (χ3v) is 1.52. The monoisotopic (exact) mass is 254 g/mol. The number of hydrogen-bond acceptors (Lipinski definition) is 3. The average molecular weight is 255 g/mol. The van der Waals surface area contributed by atoms with Gasteiger partial charge in [-0.25, -0.2) is 0 Å². The van der Waals surface area contributed by atoms with E-state index >= 15 is 0 Å². The predicted octanol–water partition coefficient (Wildman–Crippen LogP) is 3.10. The minimum absolute atomic E-state index is 0.547. The van der Waals surface area contributed by atoms with E-state index in [1.165, 1.54) is 5.56 Å². The Bertz CT molecular complexity index is 338. The van der Waals surface area contributed by atoms with Crippen molar-refractivity contribution in [3.63, 3.8) is 0 Å². The molecule has 0 amide bonds. The molecule has 8 heteroatoms. The van der Waals surface area contributed by atoms with Crippen LogP contribution in [0.3, 0.4) is 0 Å². The normalized spacial score (nSPS) is 7.80. The van der Waals surface area contributed by atoms with Gasteiger partial charge in [0.25, 0.3) is 0 Å². The summed E-state index contributed by atoms with van der Waals surface area (Å²) < 4.78 is 5.66. The Kier molecular flexibility index (Phi) is 7.67. The fourth-order valence-corrected chi connectivity index (χ4v) is 0.716. The molecule has 7 nitrogen and oxygen atoms in total. The van der Waals surface area contributed by atoms with Gasteiger partial charge in [-0.1, -0.05) is 17.7 Å². The van der Waals surface area contributed by atoms with Gasteiger partial charge >= 0.3 is 44.5 Å². The predicted molar refractivity (Wildman–Crippen MR) is 53.9 cm³/mol. The summed E-state index contributed by atoms with van der Waals surface area (Å²) in [4.78, 5) is 4.58. The molecule has 0 unspecified atom stereocenters. The molecular formula is C7H9CuN7. The Hall–Kier alpha value is -1.84. The second-order valence-corrected chi connectivity index (χ2v) is 2.84. The van der Waals surface area contributed by atoms with Gasteiger partial charge in [0, 0.05) is 5.69 Å². The molecular weight excluding hydrogens is 246 g/mol. The molecule has 83 valence electrons. The van der Waals surface area contributed by atoms with Gasteiger partial charge in [-0.05, 0) is 19.1 Å². The van der Waals surface area contributed by atoms with Crippen LogP contribution in [-0.2, 0) is 15.4 Å². The molecule has 0 heterocycles. The van der Waals surface area contributed by atoms with Crippen molar-refractivity contribution in [2.24, 2.45) is 8.26 Å². The molecule has 0 radical (unpaired) electrons. The van der Waals surface area contributed by atoms with Crippen LogP contribution in [0.15, 0.2) is 32.5 Å². The van der Waals surface area contributed by atoms with Gasteiger partial charge in [-0.15, -0.1) is 0 Å². The second-order valence-electron chi connectivity index (χ2n) is 2.27. The van der Waals surface area contributed by atoms with Gasteiger partial charge in [0.2, 0.25) is 0 Å². The van der Waals surface area contributed by atoms with Gasteiger partial charge in [-0.2, -0.15) is 0 Å². The molecule has 0 aliphatic carbocycles. The van der Waals surface area contributed by atoms with Crippen molar-refractivity contribution in [1.29, 1.82) is 0 Å². The molecule has 2 N–H and O–H groups in total. The van der Waals surface area contributed by atoms with E-state index in [-0.39, 0.29) is 0 Å². The Morgan fingerprint density at radius 2 is 1.60 bits per heavy atom. The van der Waals surface area contributed by atoms with E-state index in [9.17, 15) is 0 Å². The van der Waals surface area contributed by atoms with Crippen LogP contribution in [0, 0.1) is 6.92 Å². The topological polar surface area (TPSA) is 124 Å². The Labute approximate surface area is 93.1 Å². The number of rotatable bonds is 2. The first-order valence-electron chi connectivity index (χ1n) is 3.68. The zero-order chi connectivity index (χ0) is 11.5. The first-order chi connectivity index (χ1) is 7.20. The molecule has 0 bridgehead atoms. The molecule has 0 fully saturated rings. The van der Waals surface area contributed by atoms with E-state index in [2.05, 4.69) is 18.1 Å². The summed E-state index contributed by atoms with van der Waals surface area (Å²) in [5.41, 5.74) is 22.6. The molecule has 1 rings (SSSR count). The van der Waals surface area contributed by atoms with Crippen LogP contribution in [0.4, 0.5) is 5.69 Å². The summed E-state index contributed by atoms with van der Waals surface area (Å²) in [5.74, 6) is 0. The van der Waals surface area contributed by atoms with Gasteiger partial charge in [0.1, 0.15) is 0 Å². The Morgan fingerprint density at radius 1 is 1.13 bits per heavy atom. The maximum absolute atomic E-state index is 7.54. The summed E-state index contributed by atoms with van der Waals surface area (Å²) >= 11 is 0.547. The first-order valence-corrected chi connectivity index (χ1v) is 4.52. The minimum atomic E-state index is 0.547. The van der Waals surface area contributed by atoms with Crippen LogP contribution in [0.1, 0.15) is 5.56 Å². The average Bonchev–Trinajstić information content (AvgIpc) is 2.24. The van der Waals surface area contributed by atoms with Crippen molar-refractivity contribution in [3.8, 4) is 0 Å². The fourth-order valence-electron chi connectivity index (χ4n) is 0.603. The number of aryl methyl sites for hydroxylation is 1. The summed E-state index contributed by atoms with van der Waals surface area (Å²) in [6.45, 7) is 2.04. The number of benzene rings is 1. The molecule has 0 saturated heterocycles. The summed E-state index contributed by atoms with van der Waals surface area (Å²) in [6, 6.07) is 7.79. The van der Waals surface area contributed by atoms with Crippen LogP contribution < -0.4 is 5.73 Å². The van der Waals surface area contributed by atoms with Gasteiger partial charge < -0.3 is 5.73 Å². The zero-order valence-electron chi connectivity index (χ0n) is 7.87. The van der Waals surface area contributed by atoms with Crippen LogP contribution in [0.5, 0.6) is 0 Å². The maximum atomic E-state index is 7.54. The molecule has 1 aromatic carbocycles. The van der Waals surface area contributed by atoms with Crippen molar-refractivity contribution in [1.82, 2.24) is 0 Å². The molecule has 0 aromatic heterocycles. The second kappa shape index (κ2) is 8.74. The Morgan fingerprint density at radius 3 is 1.93 bits per heavy atom. The summed E-state index contributed by atoms with van der Waals surface area (Å²) in [5, 5.41) is 0. The number of nitrogens with zero attached hydrogens (tertiary/aromatic N) is 6. The van der Waals surface area contributed by atoms with E-state index in [1.807, 2.05) is 31.2 Å². The quantitative estimate of drug-likeness (QED) is 0.281. The number of hydrogen-bond donors (Lipinski definition) is 1. The molecule has 0 atom stereocenters. The number of nitrogen functional groups attached to an aromatic ring is 1. The third kappa shape index (κ3) is 8.49. The van der Waals surface area contributed by atoms with E-state index < -0.39 is 0 Å².